The van der Waals surface area contributed by atoms with E-state index < -0.39 is 11.9 Å². The highest BCUT2D eigenvalue weighted by Gasteiger charge is 2.15. The normalized spacial score (nSPS) is 10.2. The Morgan fingerprint density at radius 1 is 1.21 bits per heavy atom. The quantitative estimate of drug-likeness (QED) is 0.838. The van der Waals surface area contributed by atoms with E-state index in [0.29, 0.717) is 20.4 Å². The van der Waals surface area contributed by atoms with Gasteiger partial charge in [0, 0.05) is 4.47 Å². The van der Waals surface area contributed by atoms with Crippen LogP contribution >= 0.6 is 31.9 Å². The summed E-state index contributed by atoms with van der Waals surface area (Å²) in [6.45, 7) is 0. The average Bonchev–Trinajstić information content (AvgIpc) is 2.78. The Morgan fingerprint density at radius 3 is 2.53 bits per heavy atom. The zero-order valence-corrected chi connectivity index (χ0v) is 12.5. The molecule has 2 rings (SSSR count). The number of carboxylic acid groups (broad SMARTS) is 1. The van der Waals surface area contributed by atoms with E-state index in [2.05, 4.69) is 37.2 Å². The third-order valence-electron chi connectivity index (χ3n) is 2.32. The summed E-state index contributed by atoms with van der Waals surface area (Å²) in [5, 5.41) is 11.5. The molecule has 2 N–H and O–H groups in total. The third-order valence-corrected chi connectivity index (χ3v) is 3.63. The lowest BCUT2D eigenvalue weighted by molar-refractivity contribution is 0.0696. The molecular weight excluding hydrogens is 382 g/mol. The Kier molecular flexibility index (Phi) is 4.06. The van der Waals surface area contributed by atoms with Crippen LogP contribution in [-0.2, 0) is 0 Å². The number of rotatable bonds is 3. The molecule has 7 heteroatoms. The predicted octanol–water partition coefficient (Wildman–Crippen LogP) is 3.76. The molecule has 0 fully saturated rings. The molecule has 1 heterocycles. The van der Waals surface area contributed by atoms with Crippen LogP contribution in [0.15, 0.2) is 44.1 Å². The summed E-state index contributed by atoms with van der Waals surface area (Å²) in [6, 6.07) is 5.88. The molecule has 0 radical (unpaired) electrons. The van der Waals surface area contributed by atoms with Crippen LogP contribution < -0.4 is 5.32 Å². The van der Waals surface area contributed by atoms with Gasteiger partial charge in [0.05, 0.1) is 23.1 Å². The van der Waals surface area contributed by atoms with Gasteiger partial charge in [0.15, 0.2) is 4.67 Å². The molecule has 98 valence electrons. The fourth-order valence-electron chi connectivity index (χ4n) is 1.40. The van der Waals surface area contributed by atoms with Crippen LogP contribution in [-0.4, -0.2) is 17.0 Å². The summed E-state index contributed by atoms with van der Waals surface area (Å²) in [5.41, 5.74) is 0.787. The topological polar surface area (TPSA) is 79.5 Å². The summed E-state index contributed by atoms with van der Waals surface area (Å²) in [7, 11) is 0. The molecular formula is C12H7Br2NO4. The van der Waals surface area contributed by atoms with E-state index in [1.165, 1.54) is 24.5 Å². The molecule has 0 atom stereocenters. The maximum absolute atomic E-state index is 12.0. The van der Waals surface area contributed by atoms with Gasteiger partial charge in [-0.1, -0.05) is 0 Å². The van der Waals surface area contributed by atoms with Gasteiger partial charge in [-0.2, -0.15) is 0 Å². The first-order valence-corrected chi connectivity index (χ1v) is 6.65. The average molecular weight is 389 g/mol. The maximum Gasteiger partial charge on any atom is 0.335 e. The van der Waals surface area contributed by atoms with Gasteiger partial charge < -0.3 is 14.8 Å². The van der Waals surface area contributed by atoms with E-state index in [0.717, 1.165) is 0 Å². The Morgan fingerprint density at radius 2 is 1.95 bits per heavy atom. The monoisotopic (exact) mass is 387 g/mol. The van der Waals surface area contributed by atoms with Crippen molar-refractivity contribution in [3.05, 3.63) is 50.8 Å². The van der Waals surface area contributed by atoms with Gasteiger partial charge in [0.25, 0.3) is 5.91 Å². The second kappa shape index (κ2) is 5.58. The number of hydrogen-bond acceptors (Lipinski definition) is 3. The molecule has 0 aliphatic heterocycles. The lowest BCUT2D eigenvalue weighted by atomic mass is 10.2. The standard InChI is InChI=1S/C12H7Br2NO4/c13-8-2-1-6(12(17)18)5-9(8)15-11(16)7-3-4-19-10(7)14/h1-5H,(H,15,16)(H,17,18). The maximum atomic E-state index is 12.0. The molecule has 1 amide bonds. The number of amides is 1. The van der Waals surface area contributed by atoms with E-state index in [-0.39, 0.29) is 5.56 Å². The van der Waals surface area contributed by atoms with Gasteiger partial charge in [0.2, 0.25) is 0 Å². The van der Waals surface area contributed by atoms with Crippen molar-refractivity contribution in [2.45, 2.75) is 0 Å². The molecule has 0 aliphatic rings. The minimum atomic E-state index is -1.06. The van der Waals surface area contributed by atoms with Crippen LogP contribution in [0.3, 0.4) is 0 Å². The van der Waals surface area contributed by atoms with Crippen LogP contribution in [0.25, 0.3) is 0 Å². The number of nitrogens with one attached hydrogen (secondary N) is 1. The number of furan rings is 1. The first-order valence-electron chi connectivity index (χ1n) is 5.06. The van der Waals surface area contributed by atoms with Crippen molar-refractivity contribution in [3.8, 4) is 0 Å². The minimum Gasteiger partial charge on any atom is -0.478 e. The molecule has 2 aromatic rings. The zero-order chi connectivity index (χ0) is 14.0. The highest BCUT2D eigenvalue weighted by Crippen LogP contribution is 2.25. The first-order chi connectivity index (χ1) is 8.99. The van der Waals surface area contributed by atoms with Crippen molar-refractivity contribution in [1.29, 1.82) is 0 Å². The lowest BCUT2D eigenvalue weighted by Gasteiger charge is -2.07. The summed E-state index contributed by atoms with van der Waals surface area (Å²) < 4.78 is 5.87. The van der Waals surface area contributed by atoms with Gasteiger partial charge in [-0.25, -0.2) is 4.79 Å². The number of benzene rings is 1. The molecule has 5 nitrogen and oxygen atoms in total. The van der Waals surface area contributed by atoms with Gasteiger partial charge in [-0.05, 0) is 56.1 Å². The van der Waals surface area contributed by atoms with Crippen LogP contribution in [0, 0.1) is 0 Å². The SMILES string of the molecule is O=C(O)c1ccc(Br)c(NC(=O)c2ccoc2Br)c1. The molecule has 0 saturated heterocycles. The fraction of sp³-hybridized carbons (Fsp3) is 0. The highest BCUT2D eigenvalue weighted by molar-refractivity contribution is 9.10. The molecule has 0 unspecified atom stereocenters. The molecule has 1 aromatic carbocycles. The first kappa shape index (κ1) is 13.8. The van der Waals surface area contributed by atoms with Gasteiger partial charge in [0.1, 0.15) is 0 Å². The van der Waals surface area contributed by atoms with Crippen LogP contribution in [0.5, 0.6) is 0 Å². The van der Waals surface area contributed by atoms with E-state index >= 15 is 0 Å². The number of carbonyl (C=O) groups is 2. The predicted molar refractivity (Wildman–Crippen MR) is 75.5 cm³/mol. The smallest absolute Gasteiger partial charge is 0.335 e. The van der Waals surface area contributed by atoms with E-state index in [9.17, 15) is 9.59 Å². The number of carboxylic acids is 1. The second-order valence-electron chi connectivity index (χ2n) is 3.56. The number of carbonyl (C=O) groups excluding carboxylic acids is 1. The number of hydrogen-bond donors (Lipinski definition) is 2. The molecule has 0 bridgehead atoms. The molecule has 0 saturated carbocycles. The largest absolute Gasteiger partial charge is 0.478 e. The minimum absolute atomic E-state index is 0.0877. The van der Waals surface area contributed by atoms with E-state index in [1.54, 1.807) is 6.07 Å². The van der Waals surface area contributed by atoms with Crippen molar-refractivity contribution < 1.29 is 19.1 Å². The Bertz CT molecular complexity index is 651. The second-order valence-corrected chi connectivity index (χ2v) is 5.14. The van der Waals surface area contributed by atoms with Gasteiger partial charge in [-0.3, -0.25) is 4.79 Å². The van der Waals surface area contributed by atoms with Crippen LogP contribution in [0.2, 0.25) is 0 Å². The van der Waals surface area contributed by atoms with Crippen molar-refractivity contribution in [2.75, 3.05) is 5.32 Å². The number of anilines is 1. The van der Waals surface area contributed by atoms with Crippen molar-refractivity contribution in [1.82, 2.24) is 0 Å². The number of aromatic carboxylic acids is 1. The summed E-state index contributed by atoms with van der Waals surface area (Å²) >= 11 is 6.35. The fourth-order valence-corrected chi connectivity index (χ4v) is 2.17. The number of halogens is 2. The summed E-state index contributed by atoms with van der Waals surface area (Å²) in [4.78, 5) is 22.8. The van der Waals surface area contributed by atoms with Gasteiger partial charge >= 0.3 is 5.97 Å². The lowest BCUT2D eigenvalue weighted by Crippen LogP contribution is -2.12. The van der Waals surface area contributed by atoms with Crippen molar-refractivity contribution >= 4 is 49.4 Å². The molecule has 1 aromatic heterocycles. The van der Waals surface area contributed by atoms with Gasteiger partial charge in [-0.15, -0.1) is 0 Å². The Labute approximate surface area is 124 Å². The zero-order valence-electron chi connectivity index (χ0n) is 9.31. The molecule has 0 aliphatic carbocycles. The Hall–Kier alpha value is -1.60. The summed E-state index contributed by atoms with van der Waals surface area (Å²) in [5.74, 6) is -1.46. The van der Waals surface area contributed by atoms with Crippen LogP contribution in [0.1, 0.15) is 20.7 Å². The third kappa shape index (κ3) is 3.05. The Balaban J connectivity index is 2.28. The summed E-state index contributed by atoms with van der Waals surface area (Å²) in [6.07, 6.45) is 1.38. The molecule has 0 spiro atoms. The van der Waals surface area contributed by atoms with Crippen molar-refractivity contribution in [3.63, 3.8) is 0 Å². The highest BCUT2D eigenvalue weighted by atomic mass is 79.9. The van der Waals surface area contributed by atoms with Crippen LogP contribution in [0.4, 0.5) is 5.69 Å². The van der Waals surface area contributed by atoms with Crippen molar-refractivity contribution in [2.24, 2.45) is 0 Å². The van der Waals surface area contributed by atoms with E-state index in [1.807, 2.05) is 0 Å². The van der Waals surface area contributed by atoms with E-state index in [4.69, 9.17) is 9.52 Å². The molecule has 19 heavy (non-hydrogen) atoms.